The molecule has 0 saturated carbocycles. The lowest BCUT2D eigenvalue weighted by Gasteiger charge is -2.45. The van der Waals surface area contributed by atoms with Gasteiger partial charge in [0.1, 0.15) is 6.17 Å². The lowest BCUT2D eigenvalue weighted by atomic mass is 9.86. The first-order valence-electron chi connectivity index (χ1n) is 11.1. The number of amides is 1. The molecule has 0 radical (unpaired) electrons. The minimum Gasteiger partial charge on any atom is -0.372 e. The quantitative estimate of drug-likeness (QED) is 0.816. The van der Waals surface area contributed by atoms with Crippen LogP contribution >= 0.6 is 0 Å². The van der Waals surface area contributed by atoms with Gasteiger partial charge >= 0.3 is 0 Å². The molecule has 5 nitrogen and oxygen atoms in total. The summed E-state index contributed by atoms with van der Waals surface area (Å²) in [4.78, 5) is 17.6. The summed E-state index contributed by atoms with van der Waals surface area (Å²) in [7, 11) is 0. The van der Waals surface area contributed by atoms with Crippen molar-refractivity contribution >= 4 is 23.4 Å². The first kappa shape index (κ1) is 19.2. The number of nitrogens with two attached hydrogens (primary N) is 1. The van der Waals surface area contributed by atoms with Crippen molar-refractivity contribution in [3.05, 3.63) is 64.2 Å². The predicted octanol–water partition coefficient (Wildman–Crippen LogP) is 3.84. The lowest BCUT2D eigenvalue weighted by molar-refractivity contribution is 0.0932. The third-order valence-electron chi connectivity index (χ3n) is 6.89. The SMILES string of the molecule is CCN(CC)c1ccc2c(c1)CCC(C1NC(=O)c3cccc4c3N1CCC4N)=C2. The Hall–Kier alpha value is -2.79. The summed E-state index contributed by atoms with van der Waals surface area (Å²) in [5.41, 5.74) is 14.5. The van der Waals surface area contributed by atoms with Crippen LogP contribution in [0.25, 0.3) is 6.08 Å². The Kier molecular flexibility index (Phi) is 4.78. The van der Waals surface area contributed by atoms with Crippen LogP contribution in [0.15, 0.2) is 42.0 Å². The van der Waals surface area contributed by atoms with Crippen molar-refractivity contribution in [1.82, 2.24) is 5.32 Å². The van der Waals surface area contributed by atoms with E-state index in [-0.39, 0.29) is 18.1 Å². The number of aryl methyl sites for hydroxylation is 1. The van der Waals surface area contributed by atoms with Crippen molar-refractivity contribution in [2.45, 2.75) is 45.3 Å². The molecule has 2 unspecified atom stereocenters. The highest BCUT2D eigenvalue weighted by molar-refractivity contribution is 6.03. The molecule has 2 aromatic rings. The first-order chi connectivity index (χ1) is 14.6. The van der Waals surface area contributed by atoms with Crippen molar-refractivity contribution in [3.63, 3.8) is 0 Å². The molecule has 156 valence electrons. The van der Waals surface area contributed by atoms with Gasteiger partial charge in [0, 0.05) is 31.4 Å². The van der Waals surface area contributed by atoms with Gasteiger partial charge in [-0.05, 0) is 73.6 Å². The van der Waals surface area contributed by atoms with Gasteiger partial charge < -0.3 is 20.9 Å². The smallest absolute Gasteiger partial charge is 0.255 e. The second-order valence-electron chi connectivity index (χ2n) is 8.48. The maximum atomic E-state index is 12.9. The van der Waals surface area contributed by atoms with Crippen LogP contribution in [0.2, 0.25) is 0 Å². The summed E-state index contributed by atoms with van der Waals surface area (Å²) in [6.07, 6.45) is 5.07. The number of benzene rings is 2. The van der Waals surface area contributed by atoms with E-state index in [1.54, 1.807) is 0 Å². The number of hydrogen-bond donors (Lipinski definition) is 2. The van der Waals surface area contributed by atoms with Gasteiger partial charge in [-0.3, -0.25) is 4.79 Å². The number of para-hydroxylation sites is 1. The van der Waals surface area contributed by atoms with E-state index in [0.29, 0.717) is 0 Å². The molecular formula is C25H30N4O. The van der Waals surface area contributed by atoms with E-state index in [4.69, 9.17) is 5.73 Å². The third-order valence-corrected chi connectivity index (χ3v) is 6.89. The Morgan fingerprint density at radius 1 is 1.17 bits per heavy atom. The Balaban J connectivity index is 1.50. The molecule has 0 fully saturated rings. The standard InChI is InChI=1S/C25H30N4O/c1-3-28(4-2)19-11-10-16-14-18(9-8-17(16)15-19)24-27-25(30)21-7-5-6-20-22(26)12-13-29(24)23(20)21/h5-7,10-11,14-15,22,24H,3-4,8-9,12-13,26H2,1-2H3,(H,27,30). The van der Waals surface area contributed by atoms with E-state index in [1.807, 2.05) is 12.1 Å². The zero-order valence-corrected chi connectivity index (χ0v) is 17.8. The zero-order valence-electron chi connectivity index (χ0n) is 17.8. The second-order valence-corrected chi connectivity index (χ2v) is 8.48. The molecule has 5 heteroatoms. The average molecular weight is 403 g/mol. The number of rotatable bonds is 4. The highest BCUT2D eigenvalue weighted by Gasteiger charge is 2.38. The van der Waals surface area contributed by atoms with Gasteiger partial charge in [0.25, 0.3) is 5.91 Å². The largest absolute Gasteiger partial charge is 0.372 e. The van der Waals surface area contributed by atoms with Crippen LogP contribution in [0.4, 0.5) is 11.4 Å². The van der Waals surface area contributed by atoms with E-state index >= 15 is 0 Å². The minimum atomic E-state index is -0.0886. The number of hydrogen-bond acceptors (Lipinski definition) is 4. The van der Waals surface area contributed by atoms with Crippen LogP contribution < -0.4 is 20.9 Å². The normalized spacial score (nSPS) is 22.0. The minimum absolute atomic E-state index is 0.00214. The summed E-state index contributed by atoms with van der Waals surface area (Å²) in [6.45, 7) is 7.29. The summed E-state index contributed by atoms with van der Waals surface area (Å²) >= 11 is 0. The number of anilines is 2. The molecule has 5 rings (SSSR count). The fourth-order valence-corrected chi connectivity index (χ4v) is 5.24. The molecule has 1 aliphatic carbocycles. The highest BCUT2D eigenvalue weighted by atomic mass is 16.2. The van der Waals surface area contributed by atoms with Gasteiger partial charge in [-0.25, -0.2) is 0 Å². The maximum Gasteiger partial charge on any atom is 0.255 e. The van der Waals surface area contributed by atoms with Crippen LogP contribution in [0, 0.1) is 0 Å². The monoisotopic (exact) mass is 402 g/mol. The first-order valence-corrected chi connectivity index (χ1v) is 11.1. The van der Waals surface area contributed by atoms with Crippen molar-refractivity contribution in [2.24, 2.45) is 5.73 Å². The van der Waals surface area contributed by atoms with Crippen LogP contribution in [0.3, 0.4) is 0 Å². The highest BCUT2D eigenvalue weighted by Crippen LogP contribution is 2.41. The van der Waals surface area contributed by atoms with Crippen LogP contribution in [-0.2, 0) is 6.42 Å². The van der Waals surface area contributed by atoms with Crippen molar-refractivity contribution < 1.29 is 4.79 Å². The number of carbonyl (C=O) groups excluding carboxylic acids is 1. The zero-order chi connectivity index (χ0) is 20.8. The van der Waals surface area contributed by atoms with E-state index in [2.05, 4.69) is 59.3 Å². The summed E-state index contributed by atoms with van der Waals surface area (Å²) in [5.74, 6) is 0.00535. The predicted molar refractivity (Wildman–Crippen MR) is 123 cm³/mol. The van der Waals surface area contributed by atoms with E-state index in [1.165, 1.54) is 22.4 Å². The maximum absolute atomic E-state index is 12.9. The van der Waals surface area contributed by atoms with Crippen LogP contribution in [0.5, 0.6) is 0 Å². The Labute approximate surface area is 178 Å². The van der Waals surface area contributed by atoms with Crippen molar-refractivity contribution in [1.29, 1.82) is 0 Å². The topological polar surface area (TPSA) is 61.6 Å². The molecule has 3 N–H and O–H groups in total. The fourth-order valence-electron chi connectivity index (χ4n) is 5.24. The van der Waals surface area contributed by atoms with Crippen LogP contribution in [0.1, 0.15) is 59.8 Å². The van der Waals surface area contributed by atoms with Gasteiger partial charge in [-0.2, -0.15) is 0 Å². The molecule has 30 heavy (non-hydrogen) atoms. The van der Waals surface area contributed by atoms with Crippen molar-refractivity contribution in [2.75, 3.05) is 29.4 Å². The fraction of sp³-hybridized carbons (Fsp3) is 0.400. The van der Waals surface area contributed by atoms with E-state index < -0.39 is 0 Å². The van der Waals surface area contributed by atoms with E-state index in [0.717, 1.165) is 55.7 Å². The molecule has 0 bridgehead atoms. The number of nitrogens with zero attached hydrogens (tertiary/aromatic N) is 2. The van der Waals surface area contributed by atoms with Gasteiger partial charge in [-0.15, -0.1) is 0 Å². The van der Waals surface area contributed by atoms with Gasteiger partial charge in [0.05, 0.1) is 11.3 Å². The number of nitrogens with one attached hydrogen (secondary N) is 1. The summed E-state index contributed by atoms with van der Waals surface area (Å²) in [5, 5.41) is 3.27. The Morgan fingerprint density at radius 3 is 2.80 bits per heavy atom. The molecule has 3 aliphatic rings. The summed E-state index contributed by atoms with van der Waals surface area (Å²) in [6, 6.07) is 12.7. The average Bonchev–Trinajstić information content (AvgIpc) is 2.78. The number of fused-ring (bicyclic) bond motifs is 1. The molecular weight excluding hydrogens is 372 g/mol. The Bertz CT molecular complexity index is 1020. The molecule has 2 aromatic carbocycles. The molecule has 0 spiro atoms. The molecule has 1 amide bonds. The van der Waals surface area contributed by atoms with Gasteiger partial charge in [0.2, 0.25) is 0 Å². The molecule has 2 aliphatic heterocycles. The molecule has 2 atom stereocenters. The summed E-state index contributed by atoms with van der Waals surface area (Å²) < 4.78 is 0. The van der Waals surface area contributed by atoms with E-state index in [9.17, 15) is 4.79 Å². The van der Waals surface area contributed by atoms with Crippen molar-refractivity contribution in [3.8, 4) is 0 Å². The third kappa shape index (κ3) is 3.00. The Morgan fingerprint density at radius 2 is 2.00 bits per heavy atom. The van der Waals surface area contributed by atoms with Gasteiger partial charge in [0.15, 0.2) is 0 Å². The lowest BCUT2D eigenvalue weighted by Crippen LogP contribution is -2.56. The molecule has 2 heterocycles. The van der Waals surface area contributed by atoms with Gasteiger partial charge in [-0.1, -0.05) is 24.3 Å². The molecule has 0 aromatic heterocycles. The second kappa shape index (κ2) is 7.47. The van der Waals surface area contributed by atoms with Crippen LogP contribution in [-0.4, -0.2) is 31.7 Å². The number of carbonyl (C=O) groups is 1. The molecule has 0 saturated heterocycles.